The molecule has 2 aliphatic rings. The zero-order valence-electron chi connectivity index (χ0n) is 15.5. The van der Waals surface area contributed by atoms with Gasteiger partial charge < -0.3 is 10.0 Å². The van der Waals surface area contributed by atoms with Crippen molar-refractivity contribution in [3.05, 3.63) is 22.4 Å². The van der Waals surface area contributed by atoms with Crippen LogP contribution < -0.4 is 14.8 Å². The lowest BCUT2D eigenvalue weighted by Gasteiger charge is -2.29. The highest BCUT2D eigenvalue weighted by Crippen LogP contribution is 2.30. The van der Waals surface area contributed by atoms with Crippen molar-refractivity contribution >= 4 is 5.82 Å². The number of aliphatic hydroxyl groups excluding tert-OH is 1. The minimum atomic E-state index is 0.255. The molecule has 0 bridgehead atoms. The third-order valence-corrected chi connectivity index (χ3v) is 5.78. The molecule has 1 saturated heterocycles. The smallest absolute Gasteiger partial charge is 0.293 e. The third-order valence-electron chi connectivity index (χ3n) is 5.78. The van der Waals surface area contributed by atoms with E-state index in [0.29, 0.717) is 0 Å². The molecule has 3 N–H and O–H groups in total. The van der Waals surface area contributed by atoms with Crippen LogP contribution in [0.15, 0.2) is 0 Å². The number of piperazine rings is 1. The van der Waals surface area contributed by atoms with Gasteiger partial charge in [-0.3, -0.25) is 0 Å². The van der Waals surface area contributed by atoms with Gasteiger partial charge in [0, 0.05) is 6.42 Å². The molecule has 0 aromatic carbocycles. The van der Waals surface area contributed by atoms with Gasteiger partial charge in [0.1, 0.15) is 50.1 Å². The van der Waals surface area contributed by atoms with Gasteiger partial charge in [-0.1, -0.05) is 13.3 Å². The molecular formula is C20H32N4O+2. The Kier molecular flexibility index (Phi) is 6.28. The Morgan fingerprint density at radius 2 is 1.92 bits per heavy atom. The number of aryl methyl sites for hydroxylation is 1. The number of rotatable bonds is 6. The second-order valence-electron chi connectivity index (χ2n) is 7.42. The Hall–Kier alpha value is -1.64. The zero-order chi connectivity index (χ0) is 17.6. The summed E-state index contributed by atoms with van der Waals surface area (Å²) >= 11 is 0. The molecule has 3 rings (SSSR count). The number of fused-ring (bicyclic) bond motifs is 1. The van der Waals surface area contributed by atoms with E-state index in [9.17, 15) is 5.26 Å². The lowest BCUT2D eigenvalue weighted by molar-refractivity contribution is -0.901. The Morgan fingerprint density at radius 3 is 2.56 bits per heavy atom. The minimum absolute atomic E-state index is 0.255. The Bertz CT molecular complexity index is 630. The highest BCUT2D eigenvalue weighted by molar-refractivity contribution is 5.58. The molecule has 136 valence electrons. The molecule has 5 heteroatoms. The molecule has 0 unspecified atom stereocenters. The maximum absolute atomic E-state index is 9.87. The van der Waals surface area contributed by atoms with Crippen molar-refractivity contribution in [2.75, 3.05) is 44.2 Å². The molecule has 0 spiro atoms. The largest absolute Gasteiger partial charge is 0.391 e. The van der Waals surface area contributed by atoms with Crippen molar-refractivity contribution in [1.82, 2.24) is 0 Å². The van der Waals surface area contributed by atoms with Crippen molar-refractivity contribution in [2.24, 2.45) is 0 Å². The van der Waals surface area contributed by atoms with Crippen LogP contribution >= 0.6 is 0 Å². The lowest BCUT2D eigenvalue weighted by Crippen LogP contribution is -3.15. The predicted molar refractivity (Wildman–Crippen MR) is 97.8 cm³/mol. The number of unbranched alkanes of at least 4 members (excludes halogenated alkanes) is 1. The number of nitriles is 1. The van der Waals surface area contributed by atoms with Crippen LogP contribution in [0.1, 0.15) is 55.0 Å². The van der Waals surface area contributed by atoms with E-state index < -0.39 is 0 Å². The minimum Gasteiger partial charge on any atom is -0.391 e. The van der Waals surface area contributed by atoms with Crippen molar-refractivity contribution in [1.29, 1.82) is 5.26 Å². The molecule has 2 heterocycles. The molecule has 0 radical (unpaired) electrons. The number of aromatic amines is 1. The first-order valence-electron chi connectivity index (χ1n) is 9.97. The quantitative estimate of drug-likeness (QED) is 0.780. The average Bonchev–Trinajstić information content (AvgIpc) is 2.66. The molecule has 1 aromatic heterocycles. The number of anilines is 1. The van der Waals surface area contributed by atoms with Crippen LogP contribution in [0.3, 0.4) is 0 Å². The number of nitrogens with zero attached hydrogens (tertiary/aromatic N) is 2. The zero-order valence-corrected chi connectivity index (χ0v) is 15.5. The number of hydrogen-bond donors (Lipinski definition) is 2. The lowest BCUT2D eigenvalue weighted by atomic mass is 9.86. The SMILES string of the molecule is CCCCc1[nH+]c(N2CC[NH+](CCO)CC2)c(C#N)c2c1CCCC2. The van der Waals surface area contributed by atoms with Crippen LogP contribution in [0.4, 0.5) is 5.82 Å². The van der Waals surface area contributed by atoms with E-state index in [-0.39, 0.29) is 6.61 Å². The number of pyridine rings is 1. The van der Waals surface area contributed by atoms with E-state index in [4.69, 9.17) is 5.11 Å². The van der Waals surface area contributed by atoms with Gasteiger partial charge in [-0.25, -0.2) is 9.88 Å². The molecule has 1 aliphatic carbocycles. The summed E-state index contributed by atoms with van der Waals surface area (Å²) in [6.45, 7) is 7.28. The predicted octanol–water partition coefficient (Wildman–Crippen LogP) is 0.291. The van der Waals surface area contributed by atoms with Crippen LogP contribution in [0, 0.1) is 11.3 Å². The average molecular weight is 345 g/mol. The Labute approximate surface area is 151 Å². The summed E-state index contributed by atoms with van der Waals surface area (Å²) in [6, 6.07) is 2.52. The van der Waals surface area contributed by atoms with E-state index in [1.807, 2.05) is 0 Å². The third kappa shape index (κ3) is 3.96. The Morgan fingerprint density at radius 1 is 1.20 bits per heavy atom. The second-order valence-corrected chi connectivity index (χ2v) is 7.42. The van der Waals surface area contributed by atoms with Gasteiger partial charge in [0.15, 0.2) is 0 Å². The van der Waals surface area contributed by atoms with Crippen molar-refractivity contribution in [3.8, 4) is 6.07 Å². The molecular weight excluding hydrogens is 312 g/mol. The summed E-state index contributed by atoms with van der Waals surface area (Å²) in [5.74, 6) is 1.05. The fraction of sp³-hybridized carbons (Fsp3) is 0.700. The highest BCUT2D eigenvalue weighted by Gasteiger charge is 2.32. The summed E-state index contributed by atoms with van der Waals surface area (Å²) in [7, 11) is 0. The van der Waals surface area contributed by atoms with E-state index in [2.05, 4.69) is 22.9 Å². The van der Waals surface area contributed by atoms with Gasteiger partial charge in [0.25, 0.3) is 5.82 Å². The van der Waals surface area contributed by atoms with E-state index >= 15 is 0 Å². The standard InChI is InChI=1S/C20H30N4O/c1-2-3-8-19-17-7-5-4-6-16(17)18(15-21)20(22-19)24-11-9-23(10-12-24)13-14-25/h25H,2-14H2,1H3/p+2. The van der Waals surface area contributed by atoms with Crippen LogP contribution in [-0.2, 0) is 19.3 Å². The maximum atomic E-state index is 9.87. The maximum Gasteiger partial charge on any atom is 0.293 e. The molecule has 0 amide bonds. The molecule has 0 atom stereocenters. The molecule has 5 nitrogen and oxygen atoms in total. The number of quaternary nitrogens is 1. The summed E-state index contributed by atoms with van der Waals surface area (Å²) in [4.78, 5) is 7.51. The number of hydrogen-bond acceptors (Lipinski definition) is 3. The summed E-state index contributed by atoms with van der Waals surface area (Å²) in [5.41, 5.74) is 5.01. The van der Waals surface area contributed by atoms with E-state index in [0.717, 1.165) is 63.4 Å². The van der Waals surface area contributed by atoms with Gasteiger partial charge in [0.05, 0.1) is 6.61 Å². The first-order valence-corrected chi connectivity index (χ1v) is 9.97. The van der Waals surface area contributed by atoms with Gasteiger partial charge >= 0.3 is 0 Å². The van der Waals surface area contributed by atoms with Gasteiger partial charge in [-0.15, -0.1) is 0 Å². The highest BCUT2D eigenvalue weighted by atomic mass is 16.3. The number of aliphatic hydroxyl groups is 1. The first-order chi connectivity index (χ1) is 12.3. The summed E-state index contributed by atoms with van der Waals surface area (Å²) in [5, 5.41) is 19.0. The van der Waals surface area contributed by atoms with E-state index in [1.54, 1.807) is 0 Å². The van der Waals surface area contributed by atoms with Gasteiger partial charge in [-0.2, -0.15) is 5.26 Å². The monoisotopic (exact) mass is 344 g/mol. The van der Waals surface area contributed by atoms with Crippen molar-refractivity contribution in [3.63, 3.8) is 0 Å². The van der Waals surface area contributed by atoms with Gasteiger partial charge in [-0.05, 0) is 43.2 Å². The van der Waals surface area contributed by atoms with Crippen LogP contribution in [-0.4, -0.2) is 44.4 Å². The van der Waals surface area contributed by atoms with Crippen LogP contribution in [0.25, 0.3) is 0 Å². The molecule has 25 heavy (non-hydrogen) atoms. The van der Waals surface area contributed by atoms with Gasteiger partial charge in [0.2, 0.25) is 0 Å². The fourth-order valence-corrected chi connectivity index (χ4v) is 4.32. The number of H-pyrrole nitrogens is 1. The molecule has 1 aliphatic heterocycles. The first kappa shape index (κ1) is 18.2. The molecule has 1 fully saturated rings. The second kappa shape index (κ2) is 8.64. The van der Waals surface area contributed by atoms with Crippen LogP contribution in [0.5, 0.6) is 0 Å². The summed E-state index contributed by atoms with van der Waals surface area (Å²) in [6.07, 6.45) is 8.10. The van der Waals surface area contributed by atoms with Crippen molar-refractivity contribution < 1.29 is 15.0 Å². The van der Waals surface area contributed by atoms with E-state index in [1.165, 1.54) is 47.4 Å². The molecule has 1 aromatic rings. The Balaban J connectivity index is 1.91. The normalized spacial score (nSPS) is 18.0. The molecule has 0 saturated carbocycles. The van der Waals surface area contributed by atoms with Crippen LogP contribution in [0.2, 0.25) is 0 Å². The fourth-order valence-electron chi connectivity index (χ4n) is 4.32. The number of aromatic nitrogens is 1. The van der Waals surface area contributed by atoms with Crippen molar-refractivity contribution in [2.45, 2.75) is 51.9 Å². The number of nitrogens with one attached hydrogen (secondary N) is 2. The topological polar surface area (TPSA) is 65.8 Å². The summed E-state index contributed by atoms with van der Waals surface area (Å²) < 4.78 is 0.